The number of hydrogen-bond donors (Lipinski definition) is 1. The normalized spacial score (nSPS) is 13.9. The van der Waals surface area contributed by atoms with Gasteiger partial charge in [-0.2, -0.15) is 4.98 Å². The maximum absolute atomic E-state index is 13.2. The van der Waals surface area contributed by atoms with E-state index in [0.717, 1.165) is 39.4 Å². The summed E-state index contributed by atoms with van der Waals surface area (Å²) in [5, 5.41) is 17.1. The minimum atomic E-state index is -0.290. The molecule has 0 aliphatic carbocycles. The molecule has 12 nitrogen and oxygen atoms in total. The second kappa shape index (κ2) is 11.8. The van der Waals surface area contributed by atoms with Gasteiger partial charge in [0.25, 0.3) is 5.56 Å². The molecule has 0 bridgehead atoms. The Hall–Kier alpha value is -4.10. The number of pyridine rings is 1. The summed E-state index contributed by atoms with van der Waals surface area (Å²) in [6, 6.07) is 11.9. The Balaban J connectivity index is 1.13. The molecule has 1 aliphatic heterocycles. The fourth-order valence-electron chi connectivity index (χ4n) is 4.49. The van der Waals surface area contributed by atoms with Gasteiger partial charge in [0.1, 0.15) is 5.65 Å². The number of morpholine rings is 1. The largest absolute Gasteiger partial charge is 0.417 e. The molecule has 1 N–H and O–H groups in total. The molecule has 14 heteroatoms. The zero-order valence-electron chi connectivity index (χ0n) is 22.0. The van der Waals surface area contributed by atoms with E-state index in [0.29, 0.717) is 49.8 Å². The monoisotopic (exact) mass is 593 g/mol. The molecule has 0 radical (unpaired) electrons. The number of rotatable bonds is 8. The Morgan fingerprint density at radius 1 is 1.02 bits per heavy atom. The van der Waals surface area contributed by atoms with Gasteiger partial charge in [0, 0.05) is 62.2 Å². The molecule has 0 amide bonds. The molecule has 1 aliphatic rings. The number of aromatic nitrogens is 7. The van der Waals surface area contributed by atoms with Crippen LogP contribution in [-0.2, 0) is 18.3 Å². The van der Waals surface area contributed by atoms with Crippen molar-refractivity contribution < 1.29 is 9.47 Å². The molecule has 0 spiro atoms. The molecule has 6 rings (SSSR count). The van der Waals surface area contributed by atoms with E-state index in [1.807, 2.05) is 10.9 Å². The first-order valence-corrected chi connectivity index (χ1v) is 13.6. The smallest absolute Gasteiger partial charge is 0.259 e. The van der Waals surface area contributed by atoms with E-state index in [1.54, 1.807) is 55.7 Å². The molecule has 0 atom stereocenters. The average molecular weight is 594 g/mol. The lowest BCUT2D eigenvalue weighted by Gasteiger charge is -2.26. The molecule has 1 aromatic carbocycles. The summed E-state index contributed by atoms with van der Waals surface area (Å²) >= 11 is 12.7. The summed E-state index contributed by atoms with van der Waals surface area (Å²) in [6.45, 7) is 5.05. The minimum Gasteiger partial charge on any atom is -0.417 e. The van der Waals surface area contributed by atoms with Gasteiger partial charge >= 0.3 is 0 Å². The first-order valence-electron chi connectivity index (χ1n) is 12.9. The molecule has 1 fully saturated rings. The summed E-state index contributed by atoms with van der Waals surface area (Å²) in [6.07, 6.45) is 3.48. The van der Waals surface area contributed by atoms with Gasteiger partial charge in [0.05, 0.1) is 35.4 Å². The second-order valence-corrected chi connectivity index (χ2v) is 10.2. The van der Waals surface area contributed by atoms with Crippen molar-refractivity contribution in [2.45, 2.75) is 6.54 Å². The molecule has 0 saturated carbocycles. The third kappa shape index (κ3) is 6.00. The van der Waals surface area contributed by atoms with Crippen LogP contribution < -0.4 is 15.6 Å². The first kappa shape index (κ1) is 27.1. The summed E-state index contributed by atoms with van der Waals surface area (Å²) in [4.78, 5) is 24.4. The summed E-state index contributed by atoms with van der Waals surface area (Å²) in [5.74, 6) is 1.37. The van der Waals surface area contributed by atoms with Crippen molar-refractivity contribution in [3.63, 3.8) is 0 Å². The molecular weight excluding hydrogens is 569 g/mol. The maximum atomic E-state index is 13.2. The van der Waals surface area contributed by atoms with Crippen LogP contribution in [0.15, 0.2) is 59.7 Å². The van der Waals surface area contributed by atoms with Crippen LogP contribution in [0.4, 0.5) is 11.8 Å². The van der Waals surface area contributed by atoms with Crippen molar-refractivity contribution in [2.75, 3.05) is 38.2 Å². The van der Waals surface area contributed by atoms with E-state index in [2.05, 4.69) is 35.5 Å². The van der Waals surface area contributed by atoms with Crippen molar-refractivity contribution >= 4 is 46.0 Å². The predicted molar refractivity (Wildman–Crippen MR) is 155 cm³/mol. The Morgan fingerprint density at radius 3 is 2.59 bits per heavy atom. The van der Waals surface area contributed by atoms with Crippen molar-refractivity contribution in [3.05, 3.63) is 75.3 Å². The fraction of sp³-hybridized carbons (Fsp3) is 0.259. The van der Waals surface area contributed by atoms with Crippen molar-refractivity contribution in [1.82, 2.24) is 39.4 Å². The Labute approximate surface area is 244 Å². The number of anilines is 2. The zero-order valence-corrected chi connectivity index (χ0v) is 23.5. The third-order valence-corrected chi connectivity index (χ3v) is 7.26. The van der Waals surface area contributed by atoms with Crippen LogP contribution in [0.3, 0.4) is 0 Å². The van der Waals surface area contributed by atoms with Crippen LogP contribution in [0.5, 0.6) is 11.8 Å². The van der Waals surface area contributed by atoms with Gasteiger partial charge in [-0.15, -0.1) is 15.3 Å². The second-order valence-electron chi connectivity index (χ2n) is 9.35. The van der Waals surface area contributed by atoms with E-state index >= 15 is 0 Å². The highest BCUT2D eigenvalue weighted by molar-refractivity contribution is 6.39. The highest BCUT2D eigenvalue weighted by Crippen LogP contribution is 2.33. The Kier molecular flexibility index (Phi) is 7.79. The molecule has 210 valence electrons. The van der Waals surface area contributed by atoms with Gasteiger partial charge in [-0.25, -0.2) is 4.98 Å². The van der Waals surface area contributed by atoms with Crippen LogP contribution in [0.2, 0.25) is 10.0 Å². The summed E-state index contributed by atoms with van der Waals surface area (Å²) in [5.41, 5.74) is 0.972. The molecule has 41 heavy (non-hydrogen) atoms. The van der Waals surface area contributed by atoms with Crippen LogP contribution in [-0.4, -0.2) is 72.3 Å². The van der Waals surface area contributed by atoms with E-state index in [1.165, 1.54) is 4.57 Å². The molecule has 4 aromatic heterocycles. The lowest BCUT2D eigenvalue weighted by atomic mass is 10.1. The highest BCUT2D eigenvalue weighted by atomic mass is 35.5. The standard InChI is InChI=1S/C27H25Cl2N9O3/c1-36-25-17(15-18(26(36)39)24-19(28)3-2-4-20(24)29)16-30-27(32-25)31-21-5-6-22(34-33-21)41-23-7-8-38(35-23)10-9-37-11-13-40-14-12-37/h2-8,15-16H,9-14H2,1H3,(H,30,31,32,33). The zero-order chi connectivity index (χ0) is 28.3. The van der Waals surface area contributed by atoms with Gasteiger partial charge in [-0.1, -0.05) is 29.3 Å². The Bertz CT molecular complexity index is 1730. The Morgan fingerprint density at radius 2 is 1.83 bits per heavy atom. The quantitative estimate of drug-likeness (QED) is 0.280. The fourth-order valence-corrected chi connectivity index (χ4v) is 5.10. The number of aryl methyl sites for hydroxylation is 1. The van der Waals surface area contributed by atoms with Crippen molar-refractivity contribution in [2.24, 2.45) is 7.05 Å². The number of halogens is 2. The van der Waals surface area contributed by atoms with Crippen LogP contribution in [0, 0.1) is 0 Å². The number of nitrogens with zero attached hydrogens (tertiary/aromatic N) is 8. The topological polar surface area (TPSA) is 125 Å². The number of ether oxygens (including phenoxy) is 2. The summed E-state index contributed by atoms with van der Waals surface area (Å²) in [7, 11) is 1.63. The lowest BCUT2D eigenvalue weighted by molar-refractivity contribution is 0.0359. The minimum absolute atomic E-state index is 0.248. The SMILES string of the molecule is Cn1c(=O)c(-c2c(Cl)cccc2Cl)cc2cnc(Nc3ccc(Oc4ccn(CCN5CCOCC5)n4)nn3)nc21. The third-order valence-electron chi connectivity index (χ3n) is 6.63. The number of benzene rings is 1. The average Bonchev–Trinajstić information content (AvgIpc) is 3.43. The molecule has 5 aromatic rings. The first-order chi connectivity index (χ1) is 19.9. The number of fused-ring (bicyclic) bond motifs is 1. The van der Waals surface area contributed by atoms with Gasteiger partial charge in [-0.05, 0) is 24.3 Å². The molecule has 1 saturated heterocycles. The van der Waals surface area contributed by atoms with E-state index in [-0.39, 0.29) is 11.5 Å². The van der Waals surface area contributed by atoms with Crippen LogP contribution in [0.25, 0.3) is 22.2 Å². The van der Waals surface area contributed by atoms with Crippen molar-refractivity contribution in [3.8, 4) is 22.9 Å². The lowest BCUT2D eigenvalue weighted by Crippen LogP contribution is -2.38. The maximum Gasteiger partial charge on any atom is 0.259 e. The van der Waals surface area contributed by atoms with Crippen molar-refractivity contribution in [1.29, 1.82) is 0 Å². The van der Waals surface area contributed by atoms with E-state index in [4.69, 9.17) is 32.7 Å². The van der Waals surface area contributed by atoms with Gasteiger partial charge in [-0.3, -0.25) is 18.9 Å². The summed E-state index contributed by atoms with van der Waals surface area (Å²) < 4.78 is 14.4. The number of hydrogen-bond acceptors (Lipinski definition) is 10. The number of nitrogens with one attached hydrogen (secondary N) is 1. The van der Waals surface area contributed by atoms with E-state index < -0.39 is 0 Å². The van der Waals surface area contributed by atoms with Gasteiger partial charge < -0.3 is 14.8 Å². The van der Waals surface area contributed by atoms with Gasteiger partial charge in [0.2, 0.25) is 17.7 Å². The van der Waals surface area contributed by atoms with Crippen LogP contribution >= 0.6 is 23.2 Å². The van der Waals surface area contributed by atoms with Crippen LogP contribution in [0.1, 0.15) is 0 Å². The molecular formula is C27H25Cl2N9O3. The van der Waals surface area contributed by atoms with Gasteiger partial charge in [0.15, 0.2) is 5.82 Å². The van der Waals surface area contributed by atoms with E-state index in [9.17, 15) is 4.79 Å². The highest BCUT2D eigenvalue weighted by Gasteiger charge is 2.16. The predicted octanol–water partition coefficient (Wildman–Crippen LogP) is 4.16. The molecule has 0 unspecified atom stereocenters. The molecule has 5 heterocycles.